The highest BCUT2D eigenvalue weighted by Crippen LogP contribution is 2.32. The second-order valence-corrected chi connectivity index (χ2v) is 4.78. The van der Waals surface area contributed by atoms with Crippen LogP contribution in [0, 0.1) is 5.92 Å². The van der Waals surface area contributed by atoms with Gasteiger partial charge in [-0.05, 0) is 49.3 Å². The molecule has 0 fully saturated rings. The molecular formula is C14H18O4. The number of hydrogen-bond donors (Lipinski definition) is 2. The molecule has 0 saturated carbocycles. The minimum Gasteiger partial charge on any atom is -0.424 e. The summed E-state index contributed by atoms with van der Waals surface area (Å²) in [6.07, 6.45) is 1.39. The van der Waals surface area contributed by atoms with Gasteiger partial charge >= 0.3 is 5.97 Å². The van der Waals surface area contributed by atoms with E-state index in [4.69, 9.17) is 9.84 Å². The molecule has 0 saturated heterocycles. The fourth-order valence-corrected chi connectivity index (χ4v) is 2.29. The number of hydrogen-bond acceptors (Lipinski definition) is 4. The molecule has 0 amide bonds. The number of carbonyl (C=O) groups is 1. The van der Waals surface area contributed by atoms with Gasteiger partial charge in [0.15, 0.2) is 0 Å². The lowest BCUT2D eigenvalue weighted by Gasteiger charge is -2.24. The zero-order chi connectivity index (χ0) is 13.1. The van der Waals surface area contributed by atoms with Crippen molar-refractivity contribution in [3.05, 3.63) is 29.3 Å². The Kier molecular flexibility index (Phi) is 3.99. The Morgan fingerprint density at radius 2 is 2.33 bits per heavy atom. The summed E-state index contributed by atoms with van der Waals surface area (Å²) >= 11 is 0. The number of rotatable bonds is 3. The number of aliphatic hydroxyl groups is 2. The molecule has 0 bridgehead atoms. The molecule has 2 rings (SSSR count). The molecule has 2 atom stereocenters. The first-order valence-corrected chi connectivity index (χ1v) is 6.23. The van der Waals surface area contributed by atoms with Gasteiger partial charge in [-0.1, -0.05) is 12.1 Å². The molecule has 0 aliphatic heterocycles. The first-order chi connectivity index (χ1) is 8.61. The molecule has 98 valence electrons. The Morgan fingerprint density at radius 1 is 1.56 bits per heavy atom. The number of esters is 1. The quantitative estimate of drug-likeness (QED) is 0.622. The van der Waals surface area contributed by atoms with Gasteiger partial charge < -0.3 is 14.9 Å². The van der Waals surface area contributed by atoms with Crippen molar-refractivity contribution in [2.75, 3.05) is 6.61 Å². The van der Waals surface area contributed by atoms with Crippen LogP contribution in [0.15, 0.2) is 18.2 Å². The Balaban J connectivity index is 2.21. The van der Waals surface area contributed by atoms with E-state index in [1.54, 1.807) is 6.07 Å². The Hall–Kier alpha value is -1.39. The zero-order valence-electron chi connectivity index (χ0n) is 10.4. The van der Waals surface area contributed by atoms with Crippen LogP contribution in [0.5, 0.6) is 5.75 Å². The molecule has 1 aliphatic carbocycles. The van der Waals surface area contributed by atoms with Gasteiger partial charge in [-0.2, -0.15) is 0 Å². The van der Waals surface area contributed by atoms with Gasteiger partial charge in [-0.25, -0.2) is 4.79 Å². The highest BCUT2D eigenvalue weighted by molar-refractivity contribution is 5.77. The molecule has 1 aliphatic rings. The Bertz CT molecular complexity index is 439. The van der Waals surface area contributed by atoms with E-state index >= 15 is 0 Å². The lowest BCUT2D eigenvalue weighted by atomic mass is 9.84. The fourth-order valence-electron chi connectivity index (χ4n) is 2.29. The van der Waals surface area contributed by atoms with E-state index in [-0.39, 0.29) is 6.61 Å². The molecule has 4 nitrogen and oxygen atoms in total. The Morgan fingerprint density at radius 3 is 3.00 bits per heavy atom. The van der Waals surface area contributed by atoms with E-state index in [0.29, 0.717) is 11.7 Å². The largest absolute Gasteiger partial charge is 0.424 e. The van der Waals surface area contributed by atoms with Crippen molar-refractivity contribution in [3.63, 3.8) is 0 Å². The molecule has 2 N–H and O–H groups in total. The maximum atomic E-state index is 11.4. The lowest BCUT2D eigenvalue weighted by Crippen LogP contribution is -2.24. The highest BCUT2D eigenvalue weighted by Gasteiger charge is 2.22. The summed E-state index contributed by atoms with van der Waals surface area (Å²) in [7, 11) is 0. The standard InChI is InChI=1S/C14H18O4/c1-9(16)14(17)18-13-4-2-3-11-7-10(8-15)5-6-12(11)13/h2-4,9-10,15-16H,5-8H2,1H3. The molecule has 0 radical (unpaired) electrons. The van der Waals surface area contributed by atoms with Crippen LogP contribution < -0.4 is 4.74 Å². The van der Waals surface area contributed by atoms with Gasteiger partial charge in [0.05, 0.1) is 0 Å². The van der Waals surface area contributed by atoms with E-state index in [1.165, 1.54) is 6.92 Å². The van der Waals surface area contributed by atoms with Gasteiger partial charge in [0.1, 0.15) is 11.9 Å². The summed E-state index contributed by atoms with van der Waals surface area (Å²) < 4.78 is 5.19. The summed E-state index contributed by atoms with van der Waals surface area (Å²) in [6, 6.07) is 5.58. The average molecular weight is 250 g/mol. The molecule has 1 aromatic rings. The first kappa shape index (κ1) is 13.1. The predicted octanol–water partition coefficient (Wildman–Crippen LogP) is 1.07. The first-order valence-electron chi connectivity index (χ1n) is 6.23. The summed E-state index contributed by atoms with van der Waals surface area (Å²) in [5.74, 6) is 0.197. The third kappa shape index (κ3) is 2.71. The SMILES string of the molecule is CC(O)C(=O)Oc1cccc2c1CCC(CO)C2. The third-order valence-electron chi connectivity index (χ3n) is 3.35. The van der Waals surface area contributed by atoms with Gasteiger partial charge in [0.25, 0.3) is 0 Å². The van der Waals surface area contributed by atoms with Crippen molar-refractivity contribution >= 4 is 5.97 Å². The summed E-state index contributed by atoms with van der Waals surface area (Å²) in [5, 5.41) is 18.3. The molecule has 0 heterocycles. The van der Waals surface area contributed by atoms with Gasteiger partial charge in [-0.15, -0.1) is 0 Å². The van der Waals surface area contributed by atoms with Crippen molar-refractivity contribution in [2.24, 2.45) is 5.92 Å². The van der Waals surface area contributed by atoms with Crippen LogP contribution in [0.2, 0.25) is 0 Å². The smallest absolute Gasteiger partial charge is 0.340 e. The highest BCUT2D eigenvalue weighted by atomic mass is 16.5. The monoisotopic (exact) mass is 250 g/mol. The molecule has 0 aromatic heterocycles. The molecule has 1 aromatic carbocycles. The van der Waals surface area contributed by atoms with Gasteiger partial charge in [0, 0.05) is 6.61 Å². The molecule has 2 unspecified atom stereocenters. The second-order valence-electron chi connectivity index (χ2n) is 4.78. The van der Waals surface area contributed by atoms with Crippen molar-refractivity contribution in [3.8, 4) is 5.75 Å². The van der Waals surface area contributed by atoms with Crippen LogP contribution in [0.4, 0.5) is 0 Å². The number of ether oxygens (including phenoxy) is 1. The summed E-state index contributed by atoms with van der Waals surface area (Å²) in [5.41, 5.74) is 2.15. The minimum atomic E-state index is -1.12. The van der Waals surface area contributed by atoms with Crippen molar-refractivity contribution in [1.82, 2.24) is 0 Å². The number of fused-ring (bicyclic) bond motifs is 1. The minimum absolute atomic E-state index is 0.192. The topological polar surface area (TPSA) is 66.8 Å². The van der Waals surface area contributed by atoms with Gasteiger partial charge in [0.2, 0.25) is 0 Å². The van der Waals surface area contributed by atoms with Crippen LogP contribution >= 0.6 is 0 Å². The van der Waals surface area contributed by atoms with Crippen LogP contribution in [0.3, 0.4) is 0 Å². The van der Waals surface area contributed by atoms with E-state index < -0.39 is 12.1 Å². The van der Waals surface area contributed by atoms with E-state index in [2.05, 4.69) is 0 Å². The van der Waals surface area contributed by atoms with Gasteiger partial charge in [-0.3, -0.25) is 0 Å². The van der Waals surface area contributed by atoms with Crippen LogP contribution in [0.25, 0.3) is 0 Å². The maximum absolute atomic E-state index is 11.4. The lowest BCUT2D eigenvalue weighted by molar-refractivity contribution is -0.142. The van der Waals surface area contributed by atoms with Crippen molar-refractivity contribution in [2.45, 2.75) is 32.3 Å². The molecular weight excluding hydrogens is 232 g/mol. The van der Waals surface area contributed by atoms with Crippen LogP contribution in [-0.2, 0) is 17.6 Å². The maximum Gasteiger partial charge on any atom is 0.340 e. The van der Waals surface area contributed by atoms with Crippen LogP contribution in [0.1, 0.15) is 24.5 Å². The fraction of sp³-hybridized carbons (Fsp3) is 0.500. The average Bonchev–Trinajstić information content (AvgIpc) is 2.38. The normalized spacial score (nSPS) is 20.1. The van der Waals surface area contributed by atoms with Crippen molar-refractivity contribution in [1.29, 1.82) is 0 Å². The van der Waals surface area contributed by atoms with E-state index in [1.807, 2.05) is 12.1 Å². The zero-order valence-corrected chi connectivity index (χ0v) is 10.4. The second kappa shape index (κ2) is 5.50. The Labute approximate surface area is 106 Å². The molecule has 0 spiro atoms. The van der Waals surface area contributed by atoms with E-state index in [9.17, 15) is 9.90 Å². The third-order valence-corrected chi connectivity index (χ3v) is 3.35. The summed E-state index contributed by atoms with van der Waals surface area (Å²) in [4.78, 5) is 11.4. The molecule has 18 heavy (non-hydrogen) atoms. The number of carbonyl (C=O) groups excluding carboxylic acids is 1. The van der Waals surface area contributed by atoms with Crippen LogP contribution in [-0.4, -0.2) is 28.9 Å². The molecule has 4 heteroatoms. The number of aliphatic hydroxyl groups excluding tert-OH is 2. The van der Waals surface area contributed by atoms with E-state index in [0.717, 1.165) is 30.4 Å². The predicted molar refractivity (Wildman–Crippen MR) is 66.4 cm³/mol. The number of benzene rings is 1. The summed E-state index contributed by atoms with van der Waals surface area (Å²) in [6.45, 7) is 1.58. The van der Waals surface area contributed by atoms with Crippen molar-refractivity contribution < 1.29 is 19.7 Å².